The standard InChI is InChI=1S/C12H7F2N3/c13-9-4-3-8(6-10(9)14)17-11-2-1-5-16-12(11)7-15/h1-6,17H. The van der Waals surface area contributed by atoms with Gasteiger partial charge in [0.15, 0.2) is 17.3 Å². The fourth-order valence-corrected chi connectivity index (χ4v) is 1.32. The van der Waals surface area contributed by atoms with Gasteiger partial charge in [-0.25, -0.2) is 13.8 Å². The highest BCUT2D eigenvalue weighted by atomic mass is 19.2. The Bertz CT molecular complexity index is 591. The Hall–Kier alpha value is -2.48. The molecule has 0 radical (unpaired) electrons. The molecule has 0 fully saturated rings. The van der Waals surface area contributed by atoms with E-state index in [1.807, 2.05) is 6.07 Å². The molecule has 1 heterocycles. The molecule has 5 heteroatoms. The Morgan fingerprint density at radius 3 is 2.71 bits per heavy atom. The summed E-state index contributed by atoms with van der Waals surface area (Å²) in [5.74, 6) is -1.86. The molecule has 0 saturated carbocycles. The van der Waals surface area contributed by atoms with Gasteiger partial charge in [-0.15, -0.1) is 0 Å². The van der Waals surface area contributed by atoms with Crippen molar-refractivity contribution in [1.82, 2.24) is 4.98 Å². The van der Waals surface area contributed by atoms with Crippen LogP contribution in [0.5, 0.6) is 0 Å². The normalized spacial score (nSPS) is 9.71. The van der Waals surface area contributed by atoms with Gasteiger partial charge in [0.2, 0.25) is 0 Å². The molecular weight excluding hydrogens is 224 g/mol. The minimum atomic E-state index is -0.947. The molecule has 0 bridgehead atoms. The summed E-state index contributed by atoms with van der Waals surface area (Å²) in [6, 6.07) is 8.59. The van der Waals surface area contributed by atoms with E-state index in [0.717, 1.165) is 12.1 Å². The number of halogens is 2. The first-order chi connectivity index (χ1) is 8.20. The molecule has 84 valence electrons. The summed E-state index contributed by atoms with van der Waals surface area (Å²) in [6.07, 6.45) is 1.48. The third kappa shape index (κ3) is 2.37. The monoisotopic (exact) mass is 231 g/mol. The first kappa shape index (κ1) is 11.0. The molecule has 0 amide bonds. The lowest BCUT2D eigenvalue weighted by Gasteiger charge is -2.07. The maximum atomic E-state index is 13.0. The molecule has 17 heavy (non-hydrogen) atoms. The van der Waals surface area contributed by atoms with E-state index in [4.69, 9.17) is 5.26 Å². The quantitative estimate of drug-likeness (QED) is 0.864. The summed E-state index contributed by atoms with van der Waals surface area (Å²) in [5, 5.41) is 11.6. The number of benzene rings is 1. The van der Waals surface area contributed by atoms with E-state index in [1.165, 1.54) is 12.3 Å². The summed E-state index contributed by atoms with van der Waals surface area (Å²) in [7, 11) is 0. The lowest BCUT2D eigenvalue weighted by atomic mass is 10.2. The zero-order valence-corrected chi connectivity index (χ0v) is 8.61. The largest absolute Gasteiger partial charge is 0.353 e. The highest BCUT2D eigenvalue weighted by Crippen LogP contribution is 2.20. The molecule has 0 saturated heterocycles. The zero-order chi connectivity index (χ0) is 12.3. The molecule has 2 rings (SSSR count). The van der Waals surface area contributed by atoms with E-state index in [-0.39, 0.29) is 5.69 Å². The van der Waals surface area contributed by atoms with Crippen molar-refractivity contribution in [2.24, 2.45) is 0 Å². The predicted octanol–water partition coefficient (Wildman–Crippen LogP) is 2.98. The van der Waals surface area contributed by atoms with Gasteiger partial charge in [0, 0.05) is 18.0 Å². The molecule has 0 aliphatic carbocycles. The van der Waals surface area contributed by atoms with Gasteiger partial charge in [-0.3, -0.25) is 0 Å². The zero-order valence-electron chi connectivity index (χ0n) is 8.61. The number of hydrogen-bond donors (Lipinski definition) is 1. The van der Waals surface area contributed by atoms with Gasteiger partial charge >= 0.3 is 0 Å². The maximum absolute atomic E-state index is 13.0. The van der Waals surface area contributed by atoms with Crippen molar-refractivity contribution < 1.29 is 8.78 Å². The van der Waals surface area contributed by atoms with Gasteiger partial charge in [-0.1, -0.05) is 0 Å². The molecule has 0 aliphatic rings. The van der Waals surface area contributed by atoms with Crippen LogP contribution in [0.1, 0.15) is 5.69 Å². The third-order valence-corrected chi connectivity index (χ3v) is 2.11. The molecule has 0 aliphatic heterocycles. The molecule has 0 spiro atoms. The number of hydrogen-bond acceptors (Lipinski definition) is 3. The number of pyridine rings is 1. The van der Waals surface area contributed by atoms with E-state index in [9.17, 15) is 8.78 Å². The van der Waals surface area contributed by atoms with Crippen molar-refractivity contribution in [3.63, 3.8) is 0 Å². The van der Waals surface area contributed by atoms with Crippen LogP contribution in [0.2, 0.25) is 0 Å². The summed E-state index contributed by atoms with van der Waals surface area (Å²) in [5.41, 5.74) is 0.992. The van der Waals surface area contributed by atoms with Crippen LogP contribution < -0.4 is 5.32 Å². The second-order valence-electron chi connectivity index (χ2n) is 3.27. The molecule has 1 N–H and O–H groups in total. The van der Waals surface area contributed by atoms with E-state index in [0.29, 0.717) is 11.4 Å². The van der Waals surface area contributed by atoms with Crippen molar-refractivity contribution in [3.05, 3.63) is 53.9 Å². The van der Waals surface area contributed by atoms with Crippen LogP contribution in [-0.4, -0.2) is 4.98 Å². The molecule has 3 nitrogen and oxygen atoms in total. The van der Waals surface area contributed by atoms with Gasteiger partial charge in [0.05, 0.1) is 5.69 Å². The average molecular weight is 231 g/mol. The molecule has 1 aromatic carbocycles. The molecule has 0 atom stereocenters. The van der Waals surface area contributed by atoms with E-state index >= 15 is 0 Å². The number of rotatable bonds is 2. The Morgan fingerprint density at radius 1 is 1.18 bits per heavy atom. The predicted molar refractivity (Wildman–Crippen MR) is 58.6 cm³/mol. The highest BCUT2D eigenvalue weighted by molar-refractivity contribution is 5.64. The van der Waals surface area contributed by atoms with Gasteiger partial charge in [0.25, 0.3) is 0 Å². The van der Waals surface area contributed by atoms with Crippen LogP contribution in [0.25, 0.3) is 0 Å². The number of aromatic nitrogens is 1. The van der Waals surface area contributed by atoms with Crippen LogP contribution in [0.15, 0.2) is 36.5 Å². The van der Waals surface area contributed by atoms with Crippen molar-refractivity contribution in [2.45, 2.75) is 0 Å². The lowest BCUT2D eigenvalue weighted by Crippen LogP contribution is -1.96. The summed E-state index contributed by atoms with van der Waals surface area (Å²) >= 11 is 0. The van der Waals surface area contributed by atoms with Crippen LogP contribution in [0.4, 0.5) is 20.2 Å². The first-order valence-electron chi connectivity index (χ1n) is 4.78. The summed E-state index contributed by atoms with van der Waals surface area (Å²) in [4.78, 5) is 3.84. The van der Waals surface area contributed by atoms with Gasteiger partial charge < -0.3 is 5.32 Å². The first-order valence-corrected chi connectivity index (χ1v) is 4.78. The van der Waals surface area contributed by atoms with Crippen LogP contribution in [0.3, 0.4) is 0 Å². The molecule has 0 unspecified atom stereocenters. The smallest absolute Gasteiger partial charge is 0.163 e. The number of nitriles is 1. The molecule has 1 aromatic heterocycles. The molecule has 2 aromatic rings. The van der Waals surface area contributed by atoms with Crippen LogP contribution in [0, 0.1) is 23.0 Å². The van der Waals surface area contributed by atoms with Crippen molar-refractivity contribution >= 4 is 11.4 Å². The Labute approximate surface area is 96.3 Å². The van der Waals surface area contributed by atoms with E-state index in [2.05, 4.69) is 10.3 Å². The second-order valence-corrected chi connectivity index (χ2v) is 3.27. The minimum absolute atomic E-state index is 0.192. The van der Waals surface area contributed by atoms with Gasteiger partial charge in [0.1, 0.15) is 6.07 Å². The fraction of sp³-hybridized carbons (Fsp3) is 0. The SMILES string of the molecule is N#Cc1ncccc1Nc1ccc(F)c(F)c1. The summed E-state index contributed by atoms with van der Waals surface area (Å²) < 4.78 is 25.7. The van der Waals surface area contributed by atoms with Gasteiger partial charge in [-0.05, 0) is 24.3 Å². The number of nitrogens with one attached hydrogen (secondary N) is 1. The topological polar surface area (TPSA) is 48.7 Å². The second kappa shape index (κ2) is 4.58. The van der Waals surface area contributed by atoms with Gasteiger partial charge in [-0.2, -0.15) is 5.26 Å². The Morgan fingerprint density at radius 2 is 2.00 bits per heavy atom. The van der Waals surface area contributed by atoms with Crippen LogP contribution >= 0.6 is 0 Å². The van der Waals surface area contributed by atoms with Crippen molar-refractivity contribution in [1.29, 1.82) is 5.26 Å². The van der Waals surface area contributed by atoms with E-state index in [1.54, 1.807) is 12.1 Å². The Balaban J connectivity index is 2.32. The Kier molecular flexibility index (Phi) is 2.97. The fourth-order valence-electron chi connectivity index (χ4n) is 1.32. The maximum Gasteiger partial charge on any atom is 0.163 e. The van der Waals surface area contributed by atoms with Crippen molar-refractivity contribution in [2.75, 3.05) is 5.32 Å². The summed E-state index contributed by atoms with van der Waals surface area (Å²) in [6.45, 7) is 0. The minimum Gasteiger partial charge on any atom is -0.353 e. The van der Waals surface area contributed by atoms with Crippen LogP contribution in [-0.2, 0) is 0 Å². The number of anilines is 2. The highest BCUT2D eigenvalue weighted by Gasteiger charge is 2.05. The van der Waals surface area contributed by atoms with E-state index < -0.39 is 11.6 Å². The molecular formula is C12H7F2N3. The third-order valence-electron chi connectivity index (χ3n) is 2.11. The number of nitrogens with zero attached hydrogens (tertiary/aromatic N) is 2. The average Bonchev–Trinajstić information content (AvgIpc) is 2.34. The lowest BCUT2D eigenvalue weighted by molar-refractivity contribution is 0.509. The van der Waals surface area contributed by atoms with Crippen molar-refractivity contribution in [3.8, 4) is 6.07 Å².